The van der Waals surface area contributed by atoms with Gasteiger partial charge in [0.05, 0.1) is 0 Å². The number of hydrogen-bond acceptors (Lipinski definition) is 1. The van der Waals surface area contributed by atoms with Crippen LogP contribution in [0, 0.1) is 0 Å². The average Bonchev–Trinajstić information content (AvgIpc) is 2.97. The van der Waals surface area contributed by atoms with E-state index in [-0.39, 0.29) is 0 Å². The van der Waals surface area contributed by atoms with Crippen LogP contribution in [0.25, 0.3) is 0 Å². The second-order valence-corrected chi connectivity index (χ2v) is 4.77. The highest BCUT2D eigenvalue weighted by molar-refractivity contribution is 6.31. The largest absolute Gasteiger partial charge is 0.355 e. The minimum Gasteiger partial charge on any atom is -0.355 e. The van der Waals surface area contributed by atoms with Crippen molar-refractivity contribution in [3.8, 4) is 0 Å². The fourth-order valence-electron chi connectivity index (χ4n) is 1.86. The topological polar surface area (TPSA) is 41.4 Å². The van der Waals surface area contributed by atoms with Crippen LogP contribution in [0.2, 0.25) is 5.02 Å². The molecule has 20 heavy (non-hydrogen) atoms. The van der Waals surface area contributed by atoms with E-state index in [1.807, 2.05) is 48.8 Å². The minimum absolute atomic E-state index is 0.656. The van der Waals surface area contributed by atoms with Gasteiger partial charge in [0.15, 0.2) is 5.96 Å². The van der Waals surface area contributed by atoms with Gasteiger partial charge in [-0.15, -0.1) is 0 Å². The van der Waals surface area contributed by atoms with Crippen molar-refractivity contribution < 1.29 is 0 Å². The molecule has 2 N–H and O–H groups in total. The van der Waals surface area contributed by atoms with Crippen molar-refractivity contribution in [2.24, 2.45) is 4.99 Å². The average molecular weight is 291 g/mol. The maximum Gasteiger partial charge on any atom is 0.191 e. The molecular formula is C15H19ClN4. The second-order valence-electron chi connectivity index (χ2n) is 4.36. The molecule has 0 aliphatic carbocycles. The van der Waals surface area contributed by atoms with Crippen LogP contribution in [0.15, 0.2) is 53.8 Å². The third-order valence-electron chi connectivity index (χ3n) is 2.96. The Morgan fingerprint density at radius 2 is 1.90 bits per heavy atom. The van der Waals surface area contributed by atoms with Crippen LogP contribution in [0.5, 0.6) is 0 Å². The fraction of sp³-hybridized carbons (Fsp3) is 0.267. The number of halogens is 1. The molecule has 0 unspecified atom stereocenters. The smallest absolute Gasteiger partial charge is 0.191 e. The predicted octanol–water partition coefficient (Wildman–Crippen LogP) is 2.51. The quantitative estimate of drug-likeness (QED) is 0.656. The van der Waals surface area contributed by atoms with E-state index in [4.69, 9.17) is 11.6 Å². The normalized spacial score (nSPS) is 11.4. The van der Waals surface area contributed by atoms with Gasteiger partial charge in [0.2, 0.25) is 0 Å². The van der Waals surface area contributed by atoms with E-state index in [2.05, 4.69) is 20.2 Å². The predicted molar refractivity (Wildman–Crippen MR) is 84.1 cm³/mol. The van der Waals surface area contributed by atoms with Crippen LogP contribution in [0.3, 0.4) is 0 Å². The van der Waals surface area contributed by atoms with Crippen molar-refractivity contribution in [2.75, 3.05) is 13.6 Å². The Balaban J connectivity index is 1.77. The van der Waals surface area contributed by atoms with E-state index < -0.39 is 0 Å². The van der Waals surface area contributed by atoms with Crippen molar-refractivity contribution >= 4 is 17.6 Å². The van der Waals surface area contributed by atoms with E-state index in [1.165, 1.54) is 0 Å². The molecule has 106 valence electrons. The fourth-order valence-corrected chi connectivity index (χ4v) is 2.07. The van der Waals surface area contributed by atoms with E-state index in [9.17, 15) is 0 Å². The summed E-state index contributed by atoms with van der Waals surface area (Å²) >= 11 is 6.12. The highest BCUT2D eigenvalue weighted by Crippen LogP contribution is 2.14. The summed E-state index contributed by atoms with van der Waals surface area (Å²) in [5.41, 5.74) is 1.06. The Bertz CT molecular complexity index is 549. The van der Waals surface area contributed by atoms with Gasteiger partial charge >= 0.3 is 0 Å². The Labute approximate surface area is 124 Å². The second kappa shape index (κ2) is 7.60. The van der Waals surface area contributed by atoms with Crippen molar-refractivity contribution in [3.63, 3.8) is 0 Å². The molecule has 0 radical (unpaired) electrons. The molecule has 1 aromatic carbocycles. The summed E-state index contributed by atoms with van der Waals surface area (Å²) in [6, 6.07) is 11.8. The monoisotopic (exact) mass is 290 g/mol. The molecule has 1 heterocycles. The van der Waals surface area contributed by atoms with Gasteiger partial charge in [-0.05, 0) is 23.8 Å². The SMILES string of the molecule is CN=C(NCCn1cccc1)NCc1ccccc1Cl. The molecule has 2 rings (SSSR count). The number of rotatable bonds is 5. The lowest BCUT2D eigenvalue weighted by Gasteiger charge is -2.13. The van der Waals surface area contributed by atoms with E-state index in [0.29, 0.717) is 6.54 Å². The molecule has 0 spiro atoms. The zero-order valence-electron chi connectivity index (χ0n) is 11.5. The lowest BCUT2D eigenvalue weighted by molar-refractivity contribution is 0.665. The molecule has 4 nitrogen and oxygen atoms in total. The number of guanidine groups is 1. The summed E-state index contributed by atoms with van der Waals surface area (Å²) in [7, 11) is 1.76. The van der Waals surface area contributed by atoms with Crippen LogP contribution in [-0.2, 0) is 13.1 Å². The molecule has 0 bridgehead atoms. The van der Waals surface area contributed by atoms with Gasteiger partial charge in [-0.3, -0.25) is 4.99 Å². The summed E-state index contributed by atoms with van der Waals surface area (Å²) in [6.07, 6.45) is 4.09. The first kappa shape index (κ1) is 14.5. The van der Waals surface area contributed by atoms with Crippen LogP contribution in [-0.4, -0.2) is 24.1 Å². The van der Waals surface area contributed by atoms with Crippen molar-refractivity contribution in [2.45, 2.75) is 13.1 Å². The maximum atomic E-state index is 6.12. The molecule has 0 saturated heterocycles. The summed E-state index contributed by atoms with van der Waals surface area (Å²) in [6.45, 7) is 2.37. The van der Waals surface area contributed by atoms with Crippen LogP contribution < -0.4 is 10.6 Å². The zero-order chi connectivity index (χ0) is 14.2. The van der Waals surface area contributed by atoms with Crippen LogP contribution >= 0.6 is 11.6 Å². The Morgan fingerprint density at radius 1 is 1.15 bits per heavy atom. The zero-order valence-corrected chi connectivity index (χ0v) is 12.3. The number of aromatic nitrogens is 1. The molecular weight excluding hydrogens is 272 g/mol. The molecule has 0 saturated carbocycles. The summed E-state index contributed by atoms with van der Waals surface area (Å²) < 4.78 is 2.12. The van der Waals surface area contributed by atoms with Crippen molar-refractivity contribution in [1.29, 1.82) is 0 Å². The highest BCUT2D eigenvalue weighted by Gasteiger charge is 2.01. The third kappa shape index (κ3) is 4.31. The first-order valence-corrected chi connectivity index (χ1v) is 6.96. The summed E-state index contributed by atoms with van der Waals surface area (Å²) in [4.78, 5) is 4.19. The number of hydrogen-bond donors (Lipinski definition) is 2. The Kier molecular flexibility index (Phi) is 5.50. The summed E-state index contributed by atoms with van der Waals surface area (Å²) in [5.74, 6) is 0.775. The van der Waals surface area contributed by atoms with Crippen molar-refractivity contribution in [1.82, 2.24) is 15.2 Å². The Hall–Kier alpha value is -1.94. The third-order valence-corrected chi connectivity index (χ3v) is 3.33. The highest BCUT2D eigenvalue weighted by atomic mass is 35.5. The van der Waals surface area contributed by atoms with E-state index in [0.717, 1.165) is 29.6 Å². The van der Waals surface area contributed by atoms with Crippen molar-refractivity contribution in [3.05, 3.63) is 59.4 Å². The van der Waals surface area contributed by atoms with Gasteiger partial charge in [0.25, 0.3) is 0 Å². The molecule has 0 fully saturated rings. The molecule has 1 aromatic heterocycles. The molecule has 0 aliphatic heterocycles. The van der Waals surface area contributed by atoms with E-state index >= 15 is 0 Å². The van der Waals surface area contributed by atoms with Crippen LogP contribution in [0.1, 0.15) is 5.56 Å². The van der Waals surface area contributed by atoms with Gasteiger partial charge in [0, 0.05) is 44.1 Å². The first-order valence-electron chi connectivity index (χ1n) is 6.58. The first-order chi connectivity index (χ1) is 9.79. The lowest BCUT2D eigenvalue weighted by atomic mass is 10.2. The van der Waals surface area contributed by atoms with E-state index in [1.54, 1.807) is 7.05 Å². The van der Waals surface area contributed by atoms with Gasteiger partial charge in [-0.2, -0.15) is 0 Å². The lowest BCUT2D eigenvalue weighted by Crippen LogP contribution is -2.38. The number of benzene rings is 1. The number of nitrogens with zero attached hydrogens (tertiary/aromatic N) is 2. The van der Waals surface area contributed by atoms with Gasteiger partial charge in [0.1, 0.15) is 0 Å². The Morgan fingerprint density at radius 3 is 2.60 bits per heavy atom. The standard InChI is InChI=1S/C15H19ClN4/c1-17-15(18-8-11-20-9-4-5-10-20)19-12-13-6-2-3-7-14(13)16/h2-7,9-10H,8,11-12H2,1H3,(H2,17,18,19). The van der Waals surface area contributed by atoms with Gasteiger partial charge in [-0.25, -0.2) is 0 Å². The number of nitrogens with one attached hydrogen (secondary N) is 2. The summed E-state index contributed by atoms with van der Waals surface area (Å²) in [5, 5.41) is 7.29. The van der Waals surface area contributed by atoms with Gasteiger partial charge in [-0.1, -0.05) is 29.8 Å². The molecule has 0 aliphatic rings. The molecule has 5 heteroatoms. The minimum atomic E-state index is 0.656. The van der Waals surface area contributed by atoms with Crippen LogP contribution in [0.4, 0.5) is 0 Å². The maximum absolute atomic E-state index is 6.12. The van der Waals surface area contributed by atoms with Gasteiger partial charge < -0.3 is 15.2 Å². The molecule has 0 amide bonds. The number of aliphatic imine (C=N–C) groups is 1. The molecule has 2 aromatic rings. The molecule has 0 atom stereocenters.